The van der Waals surface area contributed by atoms with Crippen LogP contribution >= 0.6 is 0 Å². The highest BCUT2D eigenvalue weighted by Gasteiger charge is 2.17. The molecule has 7 nitrogen and oxygen atoms in total. The molecule has 0 aromatic heterocycles. The predicted octanol–water partition coefficient (Wildman–Crippen LogP) is 7.61. The number of anilines is 2. The number of ether oxygens (including phenoxy) is 1. The molecule has 0 radical (unpaired) electrons. The molecule has 0 saturated heterocycles. The minimum Gasteiger partial charge on any atom is -0.385 e. The van der Waals surface area contributed by atoms with Gasteiger partial charge in [-0.25, -0.2) is 5.84 Å². The summed E-state index contributed by atoms with van der Waals surface area (Å²) in [6.07, 6.45) is 2.86. The third kappa shape index (κ3) is 7.19. The van der Waals surface area contributed by atoms with Gasteiger partial charge in [0.1, 0.15) is 0 Å². The van der Waals surface area contributed by atoms with Crippen LogP contribution in [0.3, 0.4) is 0 Å². The Morgan fingerprint density at radius 3 is 1.93 bits per heavy atom. The van der Waals surface area contributed by atoms with E-state index in [9.17, 15) is 14.4 Å². The Balaban J connectivity index is 1.26. The number of ketones is 3. The van der Waals surface area contributed by atoms with E-state index in [1.165, 1.54) is 13.8 Å². The molecular weight excluding hydrogens is 538 g/mol. The first-order valence-corrected chi connectivity index (χ1v) is 14.8. The minimum atomic E-state index is -0.0563. The Morgan fingerprint density at radius 2 is 1.30 bits per heavy atom. The molecule has 4 aromatic carbocycles. The number of carbonyl (C=O) groups is 3. The molecule has 0 spiro atoms. The lowest BCUT2D eigenvalue weighted by molar-refractivity contribution is 0.100. The van der Waals surface area contributed by atoms with E-state index in [-0.39, 0.29) is 17.3 Å². The van der Waals surface area contributed by atoms with E-state index in [2.05, 4.69) is 11.9 Å². The number of fused-ring (bicyclic) bond motifs is 2. The smallest absolute Gasteiger partial charge is 0.160 e. The van der Waals surface area contributed by atoms with Gasteiger partial charge in [-0.1, -0.05) is 54.6 Å². The maximum absolute atomic E-state index is 12.3. The van der Waals surface area contributed by atoms with Gasteiger partial charge in [-0.05, 0) is 70.7 Å². The van der Waals surface area contributed by atoms with Crippen molar-refractivity contribution in [2.24, 2.45) is 5.84 Å². The van der Waals surface area contributed by atoms with Gasteiger partial charge in [0.25, 0.3) is 0 Å². The summed E-state index contributed by atoms with van der Waals surface area (Å²) in [7, 11) is 0. The molecule has 0 saturated carbocycles. The fourth-order valence-corrected chi connectivity index (χ4v) is 5.55. The summed E-state index contributed by atoms with van der Waals surface area (Å²) in [4.78, 5) is 36.8. The van der Waals surface area contributed by atoms with Gasteiger partial charge in [-0.3, -0.25) is 14.4 Å². The van der Waals surface area contributed by atoms with E-state index < -0.39 is 0 Å². The molecule has 224 valence electrons. The number of nitrogens with one attached hydrogen (secondary N) is 1. The lowest BCUT2D eigenvalue weighted by Gasteiger charge is -2.22. The third-order valence-corrected chi connectivity index (χ3v) is 7.72. The predicted molar refractivity (Wildman–Crippen MR) is 177 cm³/mol. The molecule has 0 heterocycles. The summed E-state index contributed by atoms with van der Waals surface area (Å²) in [6, 6.07) is 19.0. The van der Waals surface area contributed by atoms with Crippen LogP contribution in [0.5, 0.6) is 0 Å². The summed E-state index contributed by atoms with van der Waals surface area (Å²) in [6.45, 7) is 13.1. The Morgan fingerprint density at radius 1 is 0.721 bits per heavy atom. The summed E-state index contributed by atoms with van der Waals surface area (Å²) in [5.41, 5.74) is 5.41. The molecule has 7 heteroatoms. The number of hydrogen-bond donors (Lipinski definition) is 2. The molecule has 0 bridgehead atoms. The van der Waals surface area contributed by atoms with Crippen molar-refractivity contribution in [1.29, 1.82) is 0 Å². The molecule has 0 fully saturated rings. The molecular formula is C36H41N3O4. The Bertz CT molecular complexity index is 1650. The monoisotopic (exact) mass is 579 g/mol. The average Bonchev–Trinajstić information content (AvgIpc) is 2.98. The second-order valence-corrected chi connectivity index (χ2v) is 11.0. The second kappa shape index (κ2) is 14.2. The quantitative estimate of drug-likeness (QED) is 0.0647. The van der Waals surface area contributed by atoms with Crippen molar-refractivity contribution in [1.82, 2.24) is 0 Å². The average molecular weight is 580 g/mol. The van der Waals surface area contributed by atoms with Gasteiger partial charge in [-0.2, -0.15) is 0 Å². The van der Waals surface area contributed by atoms with Gasteiger partial charge in [0.05, 0.1) is 18.8 Å². The van der Waals surface area contributed by atoms with Crippen molar-refractivity contribution >= 4 is 55.8 Å². The van der Waals surface area contributed by atoms with Crippen LogP contribution in [-0.2, 0) is 4.74 Å². The van der Waals surface area contributed by atoms with Crippen molar-refractivity contribution in [3.8, 4) is 0 Å². The first-order valence-electron chi connectivity index (χ1n) is 14.8. The van der Waals surface area contributed by atoms with Crippen LogP contribution in [0.2, 0.25) is 0 Å². The van der Waals surface area contributed by atoms with Crippen LogP contribution in [0.4, 0.5) is 11.4 Å². The lowest BCUT2D eigenvalue weighted by atomic mass is 9.93. The highest BCUT2D eigenvalue weighted by molar-refractivity contribution is 6.18. The third-order valence-electron chi connectivity index (χ3n) is 7.72. The van der Waals surface area contributed by atoms with Crippen molar-refractivity contribution in [2.75, 3.05) is 36.6 Å². The molecule has 43 heavy (non-hydrogen) atoms. The lowest BCUT2D eigenvalue weighted by Crippen LogP contribution is -2.34. The molecule has 0 aliphatic heterocycles. The Hall–Kier alpha value is -4.33. The Kier molecular flexibility index (Phi) is 10.5. The van der Waals surface area contributed by atoms with E-state index in [1.807, 2.05) is 55.5 Å². The van der Waals surface area contributed by atoms with Gasteiger partial charge in [0, 0.05) is 57.1 Å². The maximum atomic E-state index is 12.3. The second-order valence-electron chi connectivity index (χ2n) is 11.0. The molecule has 0 atom stereocenters. The van der Waals surface area contributed by atoms with E-state index in [0.717, 1.165) is 64.5 Å². The first kappa shape index (κ1) is 31.6. The number of unbranched alkanes of at least 4 members (excludes halogenated alkanes) is 2. The molecule has 0 aliphatic rings. The SMILES string of the molecule is C=C(C)c1ccc(N(N)CCOCCCCCNc2ccc(C(C)=O)c3c(C(C)=O)cccc23)c2cccc(C(C)=O)c12. The summed E-state index contributed by atoms with van der Waals surface area (Å²) < 4.78 is 5.88. The fraction of sp³-hybridized carbons (Fsp3) is 0.306. The topological polar surface area (TPSA) is 102 Å². The highest BCUT2D eigenvalue weighted by atomic mass is 16.5. The molecule has 0 unspecified atom stereocenters. The molecule has 4 aromatic rings. The number of allylic oxidation sites excluding steroid dienone is 1. The normalized spacial score (nSPS) is 11.1. The number of Topliss-reactive ketones (excluding diaryl/α,β-unsaturated/α-hetero) is 3. The summed E-state index contributed by atoms with van der Waals surface area (Å²) in [5.74, 6) is 6.34. The summed E-state index contributed by atoms with van der Waals surface area (Å²) >= 11 is 0. The maximum Gasteiger partial charge on any atom is 0.160 e. The molecule has 0 aliphatic carbocycles. The van der Waals surface area contributed by atoms with Gasteiger partial charge in [-0.15, -0.1) is 0 Å². The molecule has 0 amide bonds. The number of hydrazine groups is 1. The largest absolute Gasteiger partial charge is 0.385 e. The number of carbonyl (C=O) groups excluding carboxylic acids is 3. The van der Waals surface area contributed by atoms with Gasteiger partial charge < -0.3 is 15.1 Å². The van der Waals surface area contributed by atoms with E-state index in [4.69, 9.17) is 10.6 Å². The van der Waals surface area contributed by atoms with Crippen LogP contribution < -0.4 is 16.2 Å². The highest BCUT2D eigenvalue weighted by Crippen LogP contribution is 2.34. The fourth-order valence-electron chi connectivity index (χ4n) is 5.55. The molecule has 3 N–H and O–H groups in total. The zero-order valence-electron chi connectivity index (χ0n) is 25.6. The zero-order valence-corrected chi connectivity index (χ0v) is 25.6. The number of benzene rings is 4. The van der Waals surface area contributed by atoms with E-state index >= 15 is 0 Å². The van der Waals surface area contributed by atoms with Crippen molar-refractivity contribution in [3.63, 3.8) is 0 Å². The van der Waals surface area contributed by atoms with E-state index in [0.29, 0.717) is 41.8 Å². The zero-order chi connectivity index (χ0) is 31.1. The standard InChI is InChI=1S/C36H41N3O4/c1-23(2)27-16-18-34(32-14-10-12-28(24(3)40)35(27)32)39(37)20-22-43-21-8-6-7-19-38-33-17-15-30(26(5)42)36-29(25(4)41)11-9-13-31(33)36/h9-18,38H,1,6-8,19-22,37H2,2-5H3. The van der Waals surface area contributed by atoms with Crippen molar-refractivity contribution < 1.29 is 19.1 Å². The van der Waals surface area contributed by atoms with Crippen LogP contribution in [-0.4, -0.2) is 43.7 Å². The number of hydrogen-bond acceptors (Lipinski definition) is 7. The van der Waals surface area contributed by atoms with Crippen LogP contribution in [0.25, 0.3) is 27.1 Å². The number of nitrogens with two attached hydrogens (primary N) is 1. The van der Waals surface area contributed by atoms with Crippen LogP contribution in [0, 0.1) is 0 Å². The Labute approximate surface area is 253 Å². The number of nitrogens with zero attached hydrogens (tertiary/aromatic N) is 1. The van der Waals surface area contributed by atoms with Gasteiger partial charge >= 0.3 is 0 Å². The van der Waals surface area contributed by atoms with Crippen LogP contribution in [0.1, 0.15) is 83.6 Å². The van der Waals surface area contributed by atoms with Crippen molar-refractivity contribution in [2.45, 2.75) is 47.0 Å². The van der Waals surface area contributed by atoms with Gasteiger partial charge in [0.2, 0.25) is 0 Å². The van der Waals surface area contributed by atoms with Gasteiger partial charge in [0.15, 0.2) is 17.3 Å². The van der Waals surface area contributed by atoms with Crippen molar-refractivity contribution in [3.05, 3.63) is 89.5 Å². The minimum absolute atomic E-state index is 0.00807. The van der Waals surface area contributed by atoms with Crippen LogP contribution in [0.15, 0.2) is 67.2 Å². The van der Waals surface area contributed by atoms with E-state index in [1.54, 1.807) is 24.1 Å². The molecule has 4 rings (SSSR count). The number of rotatable bonds is 15. The first-order chi connectivity index (χ1) is 20.6. The summed E-state index contributed by atoms with van der Waals surface area (Å²) in [5, 5.41) is 8.56.